The van der Waals surface area contributed by atoms with Crippen LogP contribution in [0.25, 0.3) is 0 Å². The van der Waals surface area contributed by atoms with Crippen LogP contribution in [-0.4, -0.2) is 0 Å². The van der Waals surface area contributed by atoms with E-state index >= 15 is 0 Å². The fourth-order valence-corrected chi connectivity index (χ4v) is 1.98. The van der Waals surface area contributed by atoms with Crippen LogP contribution < -0.4 is 0 Å². The predicted octanol–water partition coefficient (Wildman–Crippen LogP) is 5.25. The predicted molar refractivity (Wildman–Crippen MR) is 68.7 cm³/mol. The molecule has 0 aliphatic heterocycles. The largest absolute Gasteiger partial charge is 0.0984 e. The first-order chi connectivity index (χ1) is 6.83. The molecule has 0 bridgehead atoms. The minimum atomic E-state index is 1.14. The van der Waals surface area contributed by atoms with E-state index in [-0.39, 0.29) is 0 Å². The van der Waals surface area contributed by atoms with Crippen LogP contribution in [-0.2, 0) is 0 Å². The van der Waals surface area contributed by atoms with Gasteiger partial charge in [0.2, 0.25) is 0 Å². The van der Waals surface area contributed by atoms with E-state index in [0.29, 0.717) is 0 Å². The Kier molecular flexibility index (Phi) is 6.04. The number of hydrogen-bond donors (Lipinski definition) is 0. The SMILES string of the molecule is CCCCC=CSc1ccc(Br)cc1. The maximum atomic E-state index is 3.42. The molecule has 0 aliphatic carbocycles. The highest BCUT2D eigenvalue weighted by Crippen LogP contribution is 2.21. The number of thioether (sulfide) groups is 1. The molecule has 0 heterocycles. The first-order valence-electron chi connectivity index (χ1n) is 4.90. The van der Waals surface area contributed by atoms with Gasteiger partial charge < -0.3 is 0 Å². The van der Waals surface area contributed by atoms with Crippen LogP contribution in [0.4, 0.5) is 0 Å². The summed E-state index contributed by atoms with van der Waals surface area (Å²) in [5.74, 6) is 0. The average molecular weight is 271 g/mol. The van der Waals surface area contributed by atoms with Crippen molar-refractivity contribution >= 4 is 27.7 Å². The summed E-state index contributed by atoms with van der Waals surface area (Å²) in [6, 6.07) is 8.39. The fraction of sp³-hybridized carbons (Fsp3) is 0.333. The van der Waals surface area contributed by atoms with E-state index in [1.54, 1.807) is 11.8 Å². The molecule has 0 nitrogen and oxygen atoms in total. The number of halogens is 1. The second-order valence-electron chi connectivity index (χ2n) is 3.09. The van der Waals surface area contributed by atoms with Gasteiger partial charge in [-0.05, 0) is 36.1 Å². The highest BCUT2D eigenvalue weighted by molar-refractivity contribution is 9.10. The maximum absolute atomic E-state index is 3.42. The van der Waals surface area contributed by atoms with Crippen LogP contribution >= 0.6 is 27.7 Å². The Hall–Kier alpha value is -0.210. The quantitative estimate of drug-likeness (QED) is 0.521. The molecule has 1 aromatic rings. The molecule has 0 spiro atoms. The standard InChI is InChI=1S/C12H15BrS/c1-2-3-4-5-10-14-12-8-6-11(13)7-9-12/h5-10H,2-4H2,1H3. The molecular weight excluding hydrogens is 256 g/mol. The summed E-state index contributed by atoms with van der Waals surface area (Å²) >= 11 is 5.20. The van der Waals surface area contributed by atoms with Gasteiger partial charge in [-0.2, -0.15) is 0 Å². The van der Waals surface area contributed by atoms with Crippen molar-refractivity contribution in [2.45, 2.75) is 31.1 Å². The third kappa shape index (κ3) is 4.87. The van der Waals surface area contributed by atoms with Crippen LogP contribution in [0.1, 0.15) is 26.2 Å². The first-order valence-corrected chi connectivity index (χ1v) is 6.57. The lowest BCUT2D eigenvalue weighted by molar-refractivity contribution is 0.815. The summed E-state index contributed by atoms with van der Waals surface area (Å²) in [5.41, 5.74) is 0. The molecule has 2 heteroatoms. The second-order valence-corrected chi connectivity index (χ2v) is 4.98. The topological polar surface area (TPSA) is 0 Å². The number of hydrogen-bond acceptors (Lipinski definition) is 1. The van der Waals surface area contributed by atoms with Gasteiger partial charge in [-0.15, -0.1) is 0 Å². The van der Waals surface area contributed by atoms with Crippen molar-refractivity contribution in [3.05, 3.63) is 40.2 Å². The van der Waals surface area contributed by atoms with Crippen LogP contribution in [0.3, 0.4) is 0 Å². The Balaban J connectivity index is 2.30. The van der Waals surface area contributed by atoms with Gasteiger partial charge in [0.15, 0.2) is 0 Å². The van der Waals surface area contributed by atoms with E-state index in [9.17, 15) is 0 Å². The Morgan fingerprint density at radius 2 is 2.00 bits per heavy atom. The molecule has 1 rings (SSSR count). The second kappa shape index (κ2) is 7.13. The van der Waals surface area contributed by atoms with Gasteiger partial charge in [-0.1, -0.05) is 53.5 Å². The van der Waals surface area contributed by atoms with Crippen LogP contribution in [0.2, 0.25) is 0 Å². The summed E-state index contributed by atoms with van der Waals surface area (Å²) in [4.78, 5) is 1.29. The molecule has 14 heavy (non-hydrogen) atoms. The molecule has 0 N–H and O–H groups in total. The van der Waals surface area contributed by atoms with E-state index in [0.717, 1.165) is 4.47 Å². The third-order valence-corrected chi connectivity index (χ3v) is 3.24. The number of unbranched alkanes of at least 4 members (excludes halogenated alkanes) is 2. The molecule has 0 unspecified atom stereocenters. The highest BCUT2D eigenvalue weighted by atomic mass is 79.9. The number of rotatable bonds is 5. The fourth-order valence-electron chi connectivity index (χ4n) is 1.03. The van der Waals surface area contributed by atoms with Crippen molar-refractivity contribution in [1.82, 2.24) is 0 Å². The van der Waals surface area contributed by atoms with Gasteiger partial charge >= 0.3 is 0 Å². The Labute approximate surface area is 98.9 Å². The Morgan fingerprint density at radius 3 is 2.64 bits per heavy atom. The lowest BCUT2D eigenvalue weighted by atomic mass is 10.2. The van der Waals surface area contributed by atoms with Gasteiger partial charge in [0.05, 0.1) is 0 Å². The Morgan fingerprint density at radius 1 is 1.29 bits per heavy atom. The molecular formula is C12H15BrS. The Bertz CT molecular complexity index is 277. The lowest BCUT2D eigenvalue weighted by Gasteiger charge is -1.95. The van der Waals surface area contributed by atoms with Gasteiger partial charge in [0.1, 0.15) is 0 Å². The smallest absolute Gasteiger partial charge is 0.0176 e. The average Bonchev–Trinajstić information content (AvgIpc) is 2.21. The molecule has 0 aromatic heterocycles. The normalized spacial score (nSPS) is 11.0. The summed E-state index contributed by atoms with van der Waals surface area (Å²) < 4.78 is 1.14. The maximum Gasteiger partial charge on any atom is 0.0176 e. The minimum absolute atomic E-state index is 1.14. The van der Waals surface area contributed by atoms with Crippen molar-refractivity contribution in [2.24, 2.45) is 0 Å². The molecule has 76 valence electrons. The summed E-state index contributed by atoms with van der Waals surface area (Å²) in [6.45, 7) is 2.22. The zero-order valence-corrected chi connectivity index (χ0v) is 10.8. The lowest BCUT2D eigenvalue weighted by Crippen LogP contribution is -1.68. The molecule has 1 aromatic carbocycles. The van der Waals surface area contributed by atoms with Crippen LogP contribution in [0.15, 0.2) is 45.1 Å². The van der Waals surface area contributed by atoms with Crippen molar-refractivity contribution < 1.29 is 0 Å². The molecule has 0 atom stereocenters. The van der Waals surface area contributed by atoms with Crippen molar-refractivity contribution in [2.75, 3.05) is 0 Å². The zero-order valence-electron chi connectivity index (χ0n) is 8.37. The third-order valence-electron chi connectivity index (χ3n) is 1.84. The molecule has 0 saturated heterocycles. The van der Waals surface area contributed by atoms with Gasteiger partial charge in [0, 0.05) is 9.37 Å². The van der Waals surface area contributed by atoms with Gasteiger partial charge in [0.25, 0.3) is 0 Å². The molecule has 0 amide bonds. The highest BCUT2D eigenvalue weighted by Gasteiger charge is 1.89. The van der Waals surface area contributed by atoms with E-state index in [1.807, 2.05) is 0 Å². The minimum Gasteiger partial charge on any atom is -0.0984 e. The van der Waals surface area contributed by atoms with E-state index < -0.39 is 0 Å². The molecule has 0 fully saturated rings. The first kappa shape index (κ1) is 11.9. The summed E-state index contributed by atoms with van der Waals surface area (Å²) in [7, 11) is 0. The van der Waals surface area contributed by atoms with E-state index in [4.69, 9.17) is 0 Å². The van der Waals surface area contributed by atoms with E-state index in [2.05, 4.69) is 58.6 Å². The molecule has 0 aliphatic rings. The van der Waals surface area contributed by atoms with Crippen LogP contribution in [0.5, 0.6) is 0 Å². The molecule has 0 radical (unpaired) electrons. The van der Waals surface area contributed by atoms with E-state index in [1.165, 1.54) is 24.2 Å². The van der Waals surface area contributed by atoms with Crippen molar-refractivity contribution in [1.29, 1.82) is 0 Å². The summed E-state index contributed by atoms with van der Waals surface area (Å²) in [6.07, 6.45) is 6.00. The van der Waals surface area contributed by atoms with Crippen LogP contribution in [0, 0.1) is 0 Å². The number of benzene rings is 1. The number of allylic oxidation sites excluding steroid dienone is 1. The van der Waals surface area contributed by atoms with Crippen molar-refractivity contribution in [3.63, 3.8) is 0 Å². The zero-order chi connectivity index (χ0) is 10.2. The molecule has 0 saturated carbocycles. The van der Waals surface area contributed by atoms with Gasteiger partial charge in [-0.25, -0.2) is 0 Å². The van der Waals surface area contributed by atoms with Gasteiger partial charge in [-0.3, -0.25) is 0 Å². The monoisotopic (exact) mass is 270 g/mol. The van der Waals surface area contributed by atoms with Crippen molar-refractivity contribution in [3.8, 4) is 0 Å². The summed E-state index contributed by atoms with van der Waals surface area (Å²) in [5, 5.41) is 2.18.